The van der Waals surface area contributed by atoms with Crippen LogP contribution in [0.3, 0.4) is 0 Å². The Morgan fingerprint density at radius 1 is 1.24 bits per heavy atom. The summed E-state index contributed by atoms with van der Waals surface area (Å²) in [7, 11) is 0. The minimum absolute atomic E-state index is 0.0183. The second-order valence-corrected chi connectivity index (χ2v) is 10.5. The van der Waals surface area contributed by atoms with Gasteiger partial charge in [-0.25, -0.2) is 15.0 Å². The molecule has 2 saturated heterocycles. The Morgan fingerprint density at radius 2 is 2.00 bits per heavy atom. The third kappa shape index (κ3) is 6.49. The number of hydrogen-bond acceptors (Lipinski definition) is 9. The first-order chi connectivity index (χ1) is 18.0. The average Bonchev–Trinajstić information content (AvgIpc) is 3.25. The molecule has 3 heterocycles. The van der Waals surface area contributed by atoms with Gasteiger partial charge >= 0.3 is 12.1 Å². The van der Waals surface area contributed by atoms with E-state index in [9.17, 15) is 14.7 Å². The van der Waals surface area contributed by atoms with Crippen molar-refractivity contribution in [2.24, 2.45) is 5.41 Å². The van der Waals surface area contributed by atoms with E-state index in [4.69, 9.17) is 14.2 Å². The number of amides is 1. The van der Waals surface area contributed by atoms with Crippen LogP contribution in [0.25, 0.3) is 0 Å². The van der Waals surface area contributed by atoms with Gasteiger partial charge in [-0.2, -0.15) is 11.8 Å². The van der Waals surface area contributed by atoms with Gasteiger partial charge in [0.2, 0.25) is 0 Å². The first-order valence-electron chi connectivity index (χ1n) is 12.6. The Labute approximate surface area is 222 Å². The molecular weight excluding hydrogens is 494 g/mol. The highest BCUT2D eigenvalue weighted by molar-refractivity contribution is 7.99. The molecule has 0 aromatic heterocycles. The topological polar surface area (TPSA) is 101 Å². The van der Waals surface area contributed by atoms with Crippen LogP contribution in [-0.2, 0) is 25.6 Å². The number of ether oxygens (including phenoxy) is 3. The van der Waals surface area contributed by atoms with Crippen molar-refractivity contribution in [1.29, 1.82) is 0 Å². The normalized spacial score (nSPS) is 22.8. The van der Waals surface area contributed by atoms with Crippen molar-refractivity contribution in [1.82, 2.24) is 15.3 Å². The van der Waals surface area contributed by atoms with E-state index in [0.717, 1.165) is 29.9 Å². The van der Waals surface area contributed by atoms with Gasteiger partial charge in [0.1, 0.15) is 25.5 Å². The maximum absolute atomic E-state index is 13.1. The fourth-order valence-electron chi connectivity index (χ4n) is 4.89. The van der Waals surface area contributed by atoms with E-state index in [2.05, 4.69) is 12.0 Å². The maximum atomic E-state index is 13.1. The van der Waals surface area contributed by atoms with E-state index < -0.39 is 24.3 Å². The molecule has 0 bridgehead atoms. The number of nitrogens with zero attached hydrogens (tertiary/aromatic N) is 2. The van der Waals surface area contributed by atoms with Gasteiger partial charge in [-0.1, -0.05) is 43.0 Å². The molecule has 1 spiro atoms. The third-order valence-corrected chi connectivity index (χ3v) is 7.76. The SMILES string of the molecule is C=CCOC(=O)N1CC2(CCSCC2)CC1NN1C=CC(O)C(OCc2ccccc2)=C1C(=O)OCC. The number of carbonyl (C=O) groups excluding carboxylic acids is 2. The molecule has 2 unspecified atom stereocenters. The van der Waals surface area contributed by atoms with Crippen LogP contribution >= 0.6 is 11.8 Å². The number of benzene rings is 1. The van der Waals surface area contributed by atoms with Crippen LogP contribution < -0.4 is 5.43 Å². The molecule has 0 radical (unpaired) electrons. The highest BCUT2D eigenvalue weighted by Crippen LogP contribution is 2.45. The zero-order valence-electron chi connectivity index (χ0n) is 21.1. The molecule has 1 aromatic rings. The summed E-state index contributed by atoms with van der Waals surface area (Å²) in [5.41, 5.74) is 4.25. The molecule has 1 aromatic carbocycles. The molecule has 1 amide bonds. The summed E-state index contributed by atoms with van der Waals surface area (Å²) >= 11 is 1.93. The Bertz CT molecular complexity index is 1020. The Hall–Kier alpha value is -2.95. The van der Waals surface area contributed by atoms with Gasteiger partial charge in [-0.15, -0.1) is 0 Å². The minimum Gasteiger partial charge on any atom is -0.488 e. The molecule has 0 saturated carbocycles. The summed E-state index contributed by atoms with van der Waals surface area (Å²) in [5, 5.41) is 12.2. The molecule has 3 aliphatic rings. The van der Waals surface area contributed by atoms with Gasteiger partial charge in [0, 0.05) is 12.7 Å². The fourth-order valence-corrected chi connectivity index (χ4v) is 6.25. The molecule has 3 aliphatic heterocycles. The lowest BCUT2D eigenvalue weighted by atomic mass is 9.81. The Balaban J connectivity index is 1.60. The van der Waals surface area contributed by atoms with Crippen molar-refractivity contribution in [2.75, 3.05) is 31.3 Å². The predicted molar refractivity (Wildman–Crippen MR) is 141 cm³/mol. The first kappa shape index (κ1) is 27.1. The summed E-state index contributed by atoms with van der Waals surface area (Å²) < 4.78 is 16.7. The quantitative estimate of drug-likeness (QED) is 0.367. The van der Waals surface area contributed by atoms with Crippen molar-refractivity contribution in [3.05, 3.63) is 72.3 Å². The second kappa shape index (κ2) is 12.5. The van der Waals surface area contributed by atoms with Gasteiger partial charge in [-0.05, 0) is 54.7 Å². The van der Waals surface area contributed by atoms with Crippen molar-refractivity contribution in [2.45, 2.75) is 45.1 Å². The van der Waals surface area contributed by atoms with Crippen LogP contribution in [0.1, 0.15) is 31.7 Å². The zero-order chi connectivity index (χ0) is 26.3. The predicted octanol–water partition coefficient (Wildman–Crippen LogP) is 3.54. The molecule has 4 rings (SSSR count). The lowest BCUT2D eigenvalue weighted by molar-refractivity contribution is -0.141. The summed E-state index contributed by atoms with van der Waals surface area (Å²) in [6, 6.07) is 9.49. The van der Waals surface area contributed by atoms with Crippen LogP contribution in [0.4, 0.5) is 4.79 Å². The summed E-state index contributed by atoms with van der Waals surface area (Å²) in [6.45, 7) is 6.36. The standard InChI is InChI=1S/C27H35N3O6S/c1-3-14-35-26(33)29-19-27(11-15-37-16-12-27)17-22(29)28-30-13-10-21(31)24(23(30)25(32)34-4-2)36-18-20-8-6-5-7-9-20/h3,5-10,13,21-22,28,31H,1,4,11-12,14-19H2,2H3. The van der Waals surface area contributed by atoms with Crippen molar-refractivity contribution < 1.29 is 28.9 Å². The van der Waals surface area contributed by atoms with Gasteiger partial charge in [-0.3, -0.25) is 9.91 Å². The summed E-state index contributed by atoms with van der Waals surface area (Å²) in [5.74, 6) is 1.54. The van der Waals surface area contributed by atoms with Gasteiger partial charge in [0.25, 0.3) is 0 Å². The number of nitrogens with one attached hydrogen (secondary N) is 1. The Morgan fingerprint density at radius 3 is 2.70 bits per heavy atom. The molecule has 2 fully saturated rings. The molecular formula is C27H35N3O6S. The number of hydrogen-bond donors (Lipinski definition) is 2. The van der Waals surface area contributed by atoms with Crippen LogP contribution in [0, 0.1) is 5.41 Å². The van der Waals surface area contributed by atoms with Crippen LogP contribution in [0.15, 0.2) is 66.7 Å². The Kier molecular flexibility index (Phi) is 9.18. The summed E-state index contributed by atoms with van der Waals surface area (Å²) in [6.07, 6.45) is 5.36. The number of aliphatic hydroxyl groups excluding tert-OH is 1. The van der Waals surface area contributed by atoms with E-state index >= 15 is 0 Å². The number of carbonyl (C=O) groups is 2. The van der Waals surface area contributed by atoms with E-state index in [1.54, 1.807) is 18.0 Å². The summed E-state index contributed by atoms with van der Waals surface area (Å²) in [4.78, 5) is 27.8. The lowest BCUT2D eigenvalue weighted by Gasteiger charge is -2.34. The molecule has 10 heteroatoms. The largest absolute Gasteiger partial charge is 0.488 e. The number of aliphatic hydroxyl groups is 1. The van der Waals surface area contributed by atoms with Crippen molar-refractivity contribution in [3.8, 4) is 0 Å². The lowest BCUT2D eigenvalue weighted by Crippen LogP contribution is -2.52. The highest BCUT2D eigenvalue weighted by atomic mass is 32.2. The van der Waals surface area contributed by atoms with Crippen molar-refractivity contribution >= 4 is 23.8 Å². The monoisotopic (exact) mass is 529 g/mol. The van der Waals surface area contributed by atoms with E-state index in [0.29, 0.717) is 13.0 Å². The first-order valence-corrected chi connectivity index (χ1v) is 13.7. The van der Waals surface area contributed by atoms with E-state index in [1.165, 1.54) is 17.2 Å². The highest BCUT2D eigenvalue weighted by Gasteiger charge is 2.48. The fraction of sp³-hybridized carbons (Fsp3) is 0.481. The maximum Gasteiger partial charge on any atom is 0.411 e. The molecule has 37 heavy (non-hydrogen) atoms. The molecule has 0 aliphatic carbocycles. The third-order valence-electron chi connectivity index (χ3n) is 6.78. The average molecular weight is 530 g/mol. The minimum atomic E-state index is -1.12. The van der Waals surface area contributed by atoms with Gasteiger partial charge < -0.3 is 19.3 Å². The number of esters is 1. The molecule has 9 nitrogen and oxygen atoms in total. The zero-order valence-corrected chi connectivity index (χ0v) is 22.0. The second-order valence-electron chi connectivity index (χ2n) is 9.32. The van der Waals surface area contributed by atoms with Crippen LogP contribution in [0.5, 0.6) is 0 Å². The van der Waals surface area contributed by atoms with Crippen LogP contribution in [-0.4, -0.2) is 70.6 Å². The number of thioether (sulfide) groups is 1. The molecule has 2 N–H and O–H groups in total. The van der Waals surface area contributed by atoms with Gasteiger partial charge in [0.15, 0.2) is 11.5 Å². The van der Waals surface area contributed by atoms with Gasteiger partial charge in [0.05, 0.1) is 6.61 Å². The number of rotatable bonds is 9. The molecule has 2 atom stereocenters. The van der Waals surface area contributed by atoms with Crippen molar-refractivity contribution in [3.63, 3.8) is 0 Å². The van der Waals surface area contributed by atoms with E-state index in [-0.39, 0.29) is 36.7 Å². The van der Waals surface area contributed by atoms with Crippen LogP contribution in [0.2, 0.25) is 0 Å². The molecule has 200 valence electrons. The van der Waals surface area contributed by atoms with E-state index in [1.807, 2.05) is 42.1 Å². The smallest absolute Gasteiger partial charge is 0.411 e. The number of hydrazine groups is 1. The number of likely N-dealkylation sites (tertiary alicyclic amines) is 1.